The van der Waals surface area contributed by atoms with E-state index in [0.717, 1.165) is 4.90 Å². The number of carbonyl (C=O) groups is 1. The molecule has 0 aromatic heterocycles. The van der Waals surface area contributed by atoms with E-state index in [9.17, 15) is 18.0 Å². The van der Waals surface area contributed by atoms with E-state index in [4.69, 9.17) is 4.74 Å². The van der Waals surface area contributed by atoms with Gasteiger partial charge in [0.1, 0.15) is 12.3 Å². The van der Waals surface area contributed by atoms with Gasteiger partial charge in [0, 0.05) is 11.9 Å². The summed E-state index contributed by atoms with van der Waals surface area (Å²) in [4.78, 5) is 12.7. The highest BCUT2D eigenvalue weighted by Gasteiger charge is 2.32. The van der Waals surface area contributed by atoms with Gasteiger partial charge in [-0.3, -0.25) is 4.79 Å². The van der Waals surface area contributed by atoms with Crippen molar-refractivity contribution in [3.8, 4) is 5.75 Å². The van der Waals surface area contributed by atoms with E-state index in [2.05, 4.69) is 15.9 Å². The van der Waals surface area contributed by atoms with Gasteiger partial charge in [0.25, 0.3) is 0 Å². The van der Waals surface area contributed by atoms with Gasteiger partial charge in [0.15, 0.2) is 0 Å². The molecule has 0 aliphatic rings. The van der Waals surface area contributed by atoms with Crippen molar-refractivity contribution < 1.29 is 22.7 Å². The molecule has 0 fully saturated rings. The molecule has 7 heteroatoms. The van der Waals surface area contributed by atoms with Gasteiger partial charge in [-0.25, -0.2) is 0 Å². The zero-order chi connectivity index (χ0) is 15.2. The molecule has 112 valence electrons. The van der Waals surface area contributed by atoms with Gasteiger partial charge in [-0.15, -0.1) is 0 Å². The molecule has 0 atom stereocenters. The molecule has 0 aliphatic heterocycles. The predicted molar refractivity (Wildman–Crippen MR) is 73.1 cm³/mol. The number of hydrogen-bond donors (Lipinski definition) is 0. The summed E-state index contributed by atoms with van der Waals surface area (Å²) in [7, 11) is 1.49. The van der Waals surface area contributed by atoms with Crippen LogP contribution in [0.5, 0.6) is 5.75 Å². The molecule has 0 bridgehead atoms. The molecule has 0 aliphatic carbocycles. The fourth-order valence-electron chi connectivity index (χ4n) is 1.68. The summed E-state index contributed by atoms with van der Waals surface area (Å²) in [6.07, 6.45) is -4.48. The zero-order valence-corrected chi connectivity index (χ0v) is 12.5. The van der Waals surface area contributed by atoms with E-state index in [1.54, 1.807) is 24.3 Å². The number of methoxy groups -OCH3 is 1. The van der Waals surface area contributed by atoms with E-state index in [1.807, 2.05) is 0 Å². The lowest BCUT2D eigenvalue weighted by Gasteiger charge is -2.23. The Balaban J connectivity index is 2.74. The predicted octanol–water partition coefficient (Wildman–Crippen LogP) is 3.02. The lowest BCUT2D eigenvalue weighted by atomic mass is 10.1. The van der Waals surface area contributed by atoms with Crippen molar-refractivity contribution in [3.63, 3.8) is 0 Å². The van der Waals surface area contributed by atoms with Crippen LogP contribution < -0.4 is 4.74 Å². The molecule has 0 unspecified atom stereocenters. The second-order valence-electron chi connectivity index (χ2n) is 4.15. The van der Waals surface area contributed by atoms with E-state index in [0.29, 0.717) is 16.6 Å². The van der Waals surface area contributed by atoms with Crippen LogP contribution in [0.2, 0.25) is 0 Å². The summed E-state index contributed by atoms with van der Waals surface area (Å²) in [5, 5.41) is 0.299. The van der Waals surface area contributed by atoms with Crippen molar-refractivity contribution in [3.05, 3.63) is 29.8 Å². The number of nitrogens with zero attached hydrogens (tertiary/aromatic N) is 1. The number of benzene rings is 1. The topological polar surface area (TPSA) is 29.5 Å². The van der Waals surface area contributed by atoms with Crippen LogP contribution in [0, 0.1) is 0 Å². The maximum Gasteiger partial charge on any atom is 0.406 e. The van der Waals surface area contributed by atoms with Crippen molar-refractivity contribution in [2.45, 2.75) is 12.6 Å². The van der Waals surface area contributed by atoms with Crippen molar-refractivity contribution in [1.82, 2.24) is 4.90 Å². The molecule has 3 nitrogen and oxygen atoms in total. The van der Waals surface area contributed by atoms with Crippen molar-refractivity contribution in [2.24, 2.45) is 0 Å². The quantitative estimate of drug-likeness (QED) is 0.735. The summed E-state index contributed by atoms with van der Waals surface area (Å²) in [6, 6.07) is 6.72. The minimum absolute atomic E-state index is 0.0162. The normalized spacial score (nSPS) is 11.2. The fourth-order valence-corrected chi connectivity index (χ4v) is 2.11. The van der Waals surface area contributed by atoms with Crippen LogP contribution in [0.15, 0.2) is 24.3 Å². The monoisotopic (exact) mass is 353 g/mol. The number of carbonyl (C=O) groups excluding carboxylic acids is 1. The zero-order valence-electron chi connectivity index (χ0n) is 10.9. The van der Waals surface area contributed by atoms with E-state index >= 15 is 0 Å². The van der Waals surface area contributed by atoms with E-state index in [1.165, 1.54) is 7.11 Å². The maximum absolute atomic E-state index is 12.4. The lowest BCUT2D eigenvalue weighted by Crippen LogP contribution is -2.40. The molecular weight excluding hydrogens is 339 g/mol. The minimum Gasteiger partial charge on any atom is -0.497 e. The van der Waals surface area contributed by atoms with Crippen LogP contribution in [0.4, 0.5) is 13.2 Å². The fraction of sp³-hybridized carbons (Fsp3) is 0.462. The Morgan fingerprint density at radius 2 is 2.10 bits per heavy atom. The number of halogens is 4. The third kappa shape index (κ3) is 5.81. The number of hydrogen-bond acceptors (Lipinski definition) is 2. The highest BCUT2D eigenvalue weighted by atomic mass is 79.9. The molecule has 20 heavy (non-hydrogen) atoms. The lowest BCUT2D eigenvalue weighted by molar-refractivity contribution is -0.160. The first-order chi connectivity index (χ1) is 9.35. The van der Waals surface area contributed by atoms with Crippen molar-refractivity contribution in [2.75, 3.05) is 25.5 Å². The molecule has 0 spiro atoms. The Kier molecular flexibility index (Phi) is 6.32. The molecule has 0 N–H and O–H groups in total. The number of amides is 1. The van der Waals surface area contributed by atoms with Gasteiger partial charge in [-0.05, 0) is 17.7 Å². The third-order valence-corrected chi connectivity index (χ3v) is 2.92. The smallest absolute Gasteiger partial charge is 0.406 e. The molecular formula is C13H15BrF3NO2. The highest BCUT2D eigenvalue weighted by Crippen LogP contribution is 2.18. The Hall–Kier alpha value is -1.24. The Morgan fingerprint density at radius 1 is 1.40 bits per heavy atom. The van der Waals surface area contributed by atoms with Crippen LogP contribution in [0.25, 0.3) is 0 Å². The second kappa shape index (κ2) is 7.52. The van der Waals surface area contributed by atoms with Crippen LogP contribution in [0.1, 0.15) is 5.56 Å². The van der Waals surface area contributed by atoms with Crippen LogP contribution in [-0.4, -0.2) is 42.5 Å². The molecule has 1 aromatic carbocycles. The van der Waals surface area contributed by atoms with Gasteiger partial charge < -0.3 is 9.64 Å². The summed E-state index contributed by atoms with van der Waals surface area (Å²) in [6.45, 7) is -1.22. The molecule has 0 saturated carbocycles. The molecule has 1 amide bonds. The number of ether oxygens (including phenoxy) is 1. The summed E-state index contributed by atoms with van der Waals surface area (Å²) >= 11 is 3.05. The Morgan fingerprint density at radius 3 is 2.65 bits per heavy atom. The van der Waals surface area contributed by atoms with Crippen molar-refractivity contribution >= 4 is 21.8 Å². The first-order valence-electron chi connectivity index (χ1n) is 5.89. The van der Waals surface area contributed by atoms with E-state index in [-0.39, 0.29) is 13.0 Å². The Bertz CT molecular complexity index is 451. The van der Waals surface area contributed by atoms with Gasteiger partial charge >= 0.3 is 6.18 Å². The molecule has 1 aromatic rings. The molecule has 0 radical (unpaired) electrons. The maximum atomic E-state index is 12.4. The van der Waals surface area contributed by atoms with E-state index < -0.39 is 18.6 Å². The third-order valence-electron chi connectivity index (χ3n) is 2.57. The average molecular weight is 354 g/mol. The van der Waals surface area contributed by atoms with Crippen LogP contribution in [-0.2, 0) is 11.2 Å². The van der Waals surface area contributed by atoms with Crippen LogP contribution in [0.3, 0.4) is 0 Å². The Labute approximate surface area is 123 Å². The number of alkyl halides is 4. The van der Waals surface area contributed by atoms with Crippen LogP contribution >= 0.6 is 15.9 Å². The van der Waals surface area contributed by atoms with Gasteiger partial charge in [-0.1, -0.05) is 28.1 Å². The minimum atomic E-state index is -4.40. The number of rotatable bonds is 6. The highest BCUT2D eigenvalue weighted by molar-refractivity contribution is 9.09. The van der Waals surface area contributed by atoms with Gasteiger partial charge in [-0.2, -0.15) is 13.2 Å². The first kappa shape index (κ1) is 16.8. The van der Waals surface area contributed by atoms with Gasteiger partial charge in [0.2, 0.25) is 5.91 Å². The standard InChI is InChI=1S/C13H15BrF3NO2/c1-20-11-4-2-3-10(7-11)8-12(19)18(6-5-14)9-13(15,16)17/h2-4,7H,5-6,8-9H2,1H3. The summed E-state index contributed by atoms with van der Waals surface area (Å²) in [5.41, 5.74) is 0.621. The molecule has 0 heterocycles. The molecule has 0 saturated heterocycles. The van der Waals surface area contributed by atoms with Gasteiger partial charge in [0.05, 0.1) is 13.5 Å². The molecule has 1 rings (SSSR count). The average Bonchev–Trinajstić information content (AvgIpc) is 2.37. The van der Waals surface area contributed by atoms with Crippen molar-refractivity contribution in [1.29, 1.82) is 0 Å². The summed E-state index contributed by atoms with van der Waals surface area (Å²) in [5.74, 6) is 0.00758. The SMILES string of the molecule is COc1cccc(CC(=O)N(CCBr)CC(F)(F)F)c1. The summed E-state index contributed by atoms with van der Waals surface area (Å²) < 4.78 is 42.3. The second-order valence-corrected chi connectivity index (χ2v) is 4.94. The largest absolute Gasteiger partial charge is 0.497 e. The first-order valence-corrected chi connectivity index (χ1v) is 7.01.